The SMILES string of the molecule is Cc1cnn(C[C@@H]2CCCN2C(=O)[C@@H]2Oc3ccccc3O[C@@H]2C)c1. The first-order chi connectivity index (χ1) is 12.1. The highest BCUT2D eigenvalue weighted by Crippen LogP contribution is 2.34. The summed E-state index contributed by atoms with van der Waals surface area (Å²) in [7, 11) is 0. The minimum absolute atomic E-state index is 0.00776. The number of para-hydroxylation sites is 2. The maximum Gasteiger partial charge on any atom is 0.267 e. The fourth-order valence-corrected chi connectivity index (χ4v) is 3.65. The third-order valence-corrected chi connectivity index (χ3v) is 4.91. The van der Waals surface area contributed by atoms with Crippen molar-refractivity contribution in [2.75, 3.05) is 6.54 Å². The molecule has 0 saturated carbocycles. The average molecular weight is 341 g/mol. The Morgan fingerprint density at radius 2 is 2.04 bits per heavy atom. The molecule has 1 fully saturated rings. The molecule has 0 radical (unpaired) electrons. The van der Waals surface area contributed by atoms with Gasteiger partial charge in [0.1, 0.15) is 6.10 Å². The maximum atomic E-state index is 13.1. The summed E-state index contributed by atoms with van der Waals surface area (Å²) in [5.41, 5.74) is 1.13. The van der Waals surface area contributed by atoms with Crippen LogP contribution in [-0.2, 0) is 11.3 Å². The Hall–Kier alpha value is -2.50. The number of rotatable bonds is 3. The number of amides is 1. The van der Waals surface area contributed by atoms with Crippen molar-refractivity contribution in [3.63, 3.8) is 0 Å². The Labute approximate surface area is 147 Å². The van der Waals surface area contributed by atoms with E-state index in [0.717, 1.165) is 31.5 Å². The van der Waals surface area contributed by atoms with Gasteiger partial charge in [-0.15, -0.1) is 0 Å². The number of carbonyl (C=O) groups excluding carboxylic acids is 1. The number of aromatic nitrogens is 2. The molecule has 6 heteroatoms. The average Bonchev–Trinajstić information content (AvgIpc) is 3.23. The van der Waals surface area contributed by atoms with Gasteiger partial charge >= 0.3 is 0 Å². The van der Waals surface area contributed by atoms with Gasteiger partial charge in [0, 0.05) is 12.7 Å². The third-order valence-electron chi connectivity index (χ3n) is 4.91. The van der Waals surface area contributed by atoms with Gasteiger partial charge in [0.15, 0.2) is 11.5 Å². The molecule has 0 unspecified atom stereocenters. The normalized spacial score (nSPS) is 25.2. The van der Waals surface area contributed by atoms with Crippen LogP contribution in [-0.4, -0.2) is 45.4 Å². The molecule has 2 aromatic rings. The van der Waals surface area contributed by atoms with Crippen molar-refractivity contribution >= 4 is 5.91 Å². The molecule has 4 rings (SSSR count). The Bertz CT molecular complexity index is 773. The van der Waals surface area contributed by atoms with E-state index < -0.39 is 6.10 Å². The summed E-state index contributed by atoms with van der Waals surface area (Å²) in [6.07, 6.45) is 4.95. The van der Waals surface area contributed by atoms with Gasteiger partial charge in [0.05, 0.1) is 18.8 Å². The topological polar surface area (TPSA) is 56.6 Å². The summed E-state index contributed by atoms with van der Waals surface area (Å²) >= 11 is 0. The molecule has 0 spiro atoms. The molecule has 6 nitrogen and oxygen atoms in total. The van der Waals surface area contributed by atoms with Crippen LogP contribution in [0.5, 0.6) is 11.5 Å². The fraction of sp³-hybridized carbons (Fsp3) is 0.474. The summed E-state index contributed by atoms with van der Waals surface area (Å²) in [5, 5.41) is 4.35. The summed E-state index contributed by atoms with van der Waals surface area (Å²) < 4.78 is 13.8. The van der Waals surface area contributed by atoms with Gasteiger partial charge in [-0.05, 0) is 44.4 Å². The predicted octanol–water partition coefficient (Wildman–Crippen LogP) is 2.41. The first-order valence-corrected chi connectivity index (χ1v) is 8.83. The quantitative estimate of drug-likeness (QED) is 0.860. The van der Waals surface area contributed by atoms with Gasteiger partial charge in [-0.2, -0.15) is 5.10 Å². The number of ether oxygens (including phenoxy) is 2. The smallest absolute Gasteiger partial charge is 0.267 e. The summed E-state index contributed by atoms with van der Waals surface area (Å²) in [5.74, 6) is 1.34. The molecule has 0 aliphatic carbocycles. The molecule has 2 aliphatic heterocycles. The monoisotopic (exact) mass is 341 g/mol. The van der Waals surface area contributed by atoms with Crippen LogP contribution in [0.15, 0.2) is 36.7 Å². The molecule has 1 saturated heterocycles. The number of fused-ring (bicyclic) bond motifs is 1. The first kappa shape index (κ1) is 16.0. The number of carbonyl (C=O) groups is 1. The van der Waals surface area contributed by atoms with Crippen molar-refractivity contribution in [1.82, 2.24) is 14.7 Å². The molecule has 0 bridgehead atoms. The zero-order valence-electron chi connectivity index (χ0n) is 14.6. The number of hydrogen-bond donors (Lipinski definition) is 0. The zero-order valence-corrected chi connectivity index (χ0v) is 14.6. The Kier molecular flexibility index (Phi) is 4.11. The Morgan fingerprint density at radius 1 is 1.28 bits per heavy atom. The van der Waals surface area contributed by atoms with Crippen LogP contribution in [0.25, 0.3) is 0 Å². The van der Waals surface area contributed by atoms with Crippen LogP contribution >= 0.6 is 0 Å². The number of benzene rings is 1. The van der Waals surface area contributed by atoms with Gasteiger partial charge in [0.2, 0.25) is 6.10 Å². The van der Waals surface area contributed by atoms with Crippen LogP contribution in [0.2, 0.25) is 0 Å². The van der Waals surface area contributed by atoms with Crippen molar-refractivity contribution in [3.8, 4) is 11.5 Å². The highest BCUT2D eigenvalue weighted by atomic mass is 16.6. The molecule has 1 amide bonds. The van der Waals surface area contributed by atoms with E-state index in [1.165, 1.54) is 0 Å². The predicted molar refractivity (Wildman–Crippen MR) is 92.6 cm³/mol. The number of aryl methyl sites for hydroxylation is 1. The van der Waals surface area contributed by atoms with Crippen LogP contribution in [0.1, 0.15) is 25.3 Å². The van der Waals surface area contributed by atoms with Gasteiger partial charge in [-0.25, -0.2) is 0 Å². The molecule has 132 valence electrons. The Morgan fingerprint density at radius 3 is 2.76 bits per heavy atom. The lowest BCUT2D eigenvalue weighted by atomic mass is 10.1. The lowest BCUT2D eigenvalue weighted by molar-refractivity contribution is -0.145. The second-order valence-electron chi connectivity index (χ2n) is 6.88. The summed E-state index contributed by atoms with van der Waals surface area (Å²) in [6.45, 7) is 5.39. The van der Waals surface area contributed by atoms with Crippen LogP contribution in [0.3, 0.4) is 0 Å². The number of likely N-dealkylation sites (tertiary alicyclic amines) is 1. The van der Waals surface area contributed by atoms with Crippen LogP contribution in [0, 0.1) is 6.92 Å². The van der Waals surface area contributed by atoms with Crippen molar-refractivity contribution in [1.29, 1.82) is 0 Å². The lowest BCUT2D eigenvalue weighted by Gasteiger charge is -2.35. The van der Waals surface area contributed by atoms with Gasteiger partial charge in [0.25, 0.3) is 5.91 Å². The van der Waals surface area contributed by atoms with Crippen molar-refractivity contribution in [2.45, 2.75) is 51.5 Å². The van der Waals surface area contributed by atoms with E-state index in [4.69, 9.17) is 9.47 Å². The molecule has 0 N–H and O–H groups in total. The van der Waals surface area contributed by atoms with E-state index in [-0.39, 0.29) is 18.1 Å². The summed E-state index contributed by atoms with van der Waals surface area (Å²) in [4.78, 5) is 15.1. The van der Waals surface area contributed by atoms with E-state index >= 15 is 0 Å². The molecular weight excluding hydrogens is 318 g/mol. The fourth-order valence-electron chi connectivity index (χ4n) is 3.65. The molecule has 3 heterocycles. The van der Waals surface area contributed by atoms with E-state index in [1.807, 2.05) is 60.1 Å². The van der Waals surface area contributed by atoms with Crippen molar-refractivity contribution < 1.29 is 14.3 Å². The molecule has 2 aliphatic rings. The highest BCUT2D eigenvalue weighted by Gasteiger charge is 2.40. The standard InChI is InChI=1S/C19H23N3O3/c1-13-10-20-21(11-13)12-15-6-5-9-22(15)19(23)18-14(2)24-16-7-3-4-8-17(16)25-18/h3-4,7-8,10-11,14-15,18H,5-6,9,12H2,1-2H3/t14-,15+,18-/m1/s1. The molecule has 25 heavy (non-hydrogen) atoms. The molecule has 1 aromatic carbocycles. The largest absolute Gasteiger partial charge is 0.482 e. The van der Waals surface area contributed by atoms with E-state index in [1.54, 1.807) is 0 Å². The van der Waals surface area contributed by atoms with E-state index in [9.17, 15) is 4.79 Å². The van der Waals surface area contributed by atoms with Crippen molar-refractivity contribution in [2.24, 2.45) is 0 Å². The minimum atomic E-state index is -0.602. The second kappa shape index (κ2) is 6.43. The van der Waals surface area contributed by atoms with Crippen molar-refractivity contribution in [3.05, 3.63) is 42.2 Å². The summed E-state index contributed by atoms with van der Waals surface area (Å²) in [6, 6.07) is 7.65. The number of nitrogens with zero attached hydrogens (tertiary/aromatic N) is 3. The minimum Gasteiger partial charge on any atom is -0.482 e. The lowest BCUT2D eigenvalue weighted by Crippen LogP contribution is -2.52. The zero-order chi connectivity index (χ0) is 17.4. The van der Waals surface area contributed by atoms with Crippen LogP contribution < -0.4 is 9.47 Å². The number of hydrogen-bond acceptors (Lipinski definition) is 4. The van der Waals surface area contributed by atoms with Gasteiger partial charge in [-0.1, -0.05) is 12.1 Å². The van der Waals surface area contributed by atoms with E-state index in [0.29, 0.717) is 11.5 Å². The Balaban J connectivity index is 1.49. The van der Waals surface area contributed by atoms with Gasteiger partial charge in [-0.3, -0.25) is 9.48 Å². The molecule has 1 aromatic heterocycles. The third kappa shape index (κ3) is 3.08. The van der Waals surface area contributed by atoms with E-state index in [2.05, 4.69) is 5.10 Å². The first-order valence-electron chi connectivity index (χ1n) is 8.83. The maximum absolute atomic E-state index is 13.1. The van der Waals surface area contributed by atoms with Crippen LogP contribution in [0.4, 0.5) is 0 Å². The highest BCUT2D eigenvalue weighted by molar-refractivity contribution is 5.83. The molecule has 3 atom stereocenters. The van der Waals surface area contributed by atoms with Gasteiger partial charge < -0.3 is 14.4 Å². The molecular formula is C19H23N3O3. The second-order valence-corrected chi connectivity index (χ2v) is 6.88.